The molecule has 0 saturated carbocycles. The van der Waals surface area contributed by atoms with Gasteiger partial charge in [0.25, 0.3) is 0 Å². The van der Waals surface area contributed by atoms with Crippen LogP contribution in [0.15, 0.2) is 24.3 Å². The Morgan fingerprint density at radius 1 is 0.311 bits per heavy atom. The van der Waals surface area contributed by atoms with Gasteiger partial charge in [-0.05, 0) is 70.6 Å². The Balaban J connectivity index is 4.15. The van der Waals surface area contributed by atoms with Crippen LogP contribution in [0.2, 0.25) is 0 Å². The molecule has 1 unspecified atom stereocenters. The smallest absolute Gasteiger partial charge is 0.306 e. The maximum Gasteiger partial charge on any atom is 0.306 e. The molecule has 6 nitrogen and oxygen atoms in total. The molecule has 61 heavy (non-hydrogen) atoms. The lowest BCUT2D eigenvalue weighted by molar-refractivity contribution is -0.167. The van der Waals surface area contributed by atoms with Crippen LogP contribution in [0.25, 0.3) is 0 Å². The fraction of sp³-hybridized carbons (Fsp3) is 0.873. The number of carbonyl (C=O) groups is 3. The minimum Gasteiger partial charge on any atom is -0.462 e. The Kier molecular flexibility index (Phi) is 48.8. The second-order valence-corrected chi connectivity index (χ2v) is 18.1. The van der Waals surface area contributed by atoms with Crippen molar-refractivity contribution in [2.24, 2.45) is 0 Å². The van der Waals surface area contributed by atoms with Crippen molar-refractivity contribution in [2.45, 2.75) is 297 Å². The Morgan fingerprint density at radius 2 is 0.541 bits per heavy atom. The Labute approximate surface area is 379 Å². The quantitative estimate of drug-likeness (QED) is 0.0262. The predicted molar refractivity (Wildman–Crippen MR) is 261 cm³/mol. The molecule has 0 aromatic carbocycles. The third-order valence-electron chi connectivity index (χ3n) is 11.9. The number of esters is 3. The third-order valence-corrected chi connectivity index (χ3v) is 11.9. The summed E-state index contributed by atoms with van der Waals surface area (Å²) in [5.41, 5.74) is 0. The van der Waals surface area contributed by atoms with Crippen LogP contribution in [0.1, 0.15) is 290 Å². The average Bonchev–Trinajstić information content (AvgIpc) is 3.26. The largest absolute Gasteiger partial charge is 0.462 e. The molecule has 0 spiro atoms. The fourth-order valence-electron chi connectivity index (χ4n) is 7.84. The van der Waals surface area contributed by atoms with E-state index in [0.29, 0.717) is 19.3 Å². The Bertz CT molecular complexity index is 989. The number of carbonyl (C=O) groups excluding carboxylic acids is 3. The first kappa shape index (κ1) is 58.9. The fourth-order valence-corrected chi connectivity index (χ4v) is 7.84. The molecule has 0 aliphatic carbocycles. The first-order chi connectivity index (χ1) is 30.0. The summed E-state index contributed by atoms with van der Waals surface area (Å²) in [6.45, 7) is 6.60. The standard InChI is InChI=1S/C55H102O6/c1-4-7-10-13-16-19-21-23-24-25-26-27-28-29-30-31-32-33-35-36-39-42-45-48-54(57)60-51-52(50-59-53(56)47-44-41-38-18-15-12-9-6-3)61-55(58)49-46-43-40-37-34-22-20-17-14-11-8-5-2/h17,20,25-26,52H,4-16,18-19,21-24,27-51H2,1-3H3/b20-17-,26-25-. The highest BCUT2D eigenvalue weighted by atomic mass is 16.6. The number of rotatable bonds is 49. The Morgan fingerprint density at radius 3 is 0.852 bits per heavy atom. The van der Waals surface area contributed by atoms with Crippen molar-refractivity contribution < 1.29 is 28.6 Å². The summed E-state index contributed by atoms with van der Waals surface area (Å²) >= 11 is 0. The van der Waals surface area contributed by atoms with E-state index in [0.717, 1.165) is 64.2 Å². The number of allylic oxidation sites excluding steroid dienone is 4. The van der Waals surface area contributed by atoms with Crippen molar-refractivity contribution in [2.75, 3.05) is 13.2 Å². The van der Waals surface area contributed by atoms with E-state index >= 15 is 0 Å². The van der Waals surface area contributed by atoms with Crippen LogP contribution in [-0.2, 0) is 28.6 Å². The molecule has 0 rings (SSSR count). The molecule has 0 aliphatic rings. The lowest BCUT2D eigenvalue weighted by Gasteiger charge is -2.18. The van der Waals surface area contributed by atoms with E-state index in [9.17, 15) is 14.4 Å². The maximum absolute atomic E-state index is 12.7. The second kappa shape index (κ2) is 50.5. The summed E-state index contributed by atoms with van der Waals surface area (Å²) in [5, 5.41) is 0. The van der Waals surface area contributed by atoms with Gasteiger partial charge in [-0.15, -0.1) is 0 Å². The van der Waals surface area contributed by atoms with Crippen molar-refractivity contribution in [3.8, 4) is 0 Å². The van der Waals surface area contributed by atoms with Gasteiger partial charge < -0.3 is 14.2 Å². The van der Waals surface area contributed by atoms with E-state index in [4.69, 9.17) is 14.2 Å². The molecule has 0 aromatic heterocycles. The zero-order valence-corrected chi connectivity index (χ0v) is 40.9. The number of unbranched alkanes of at least 4 members (excludes halogenated alkanes) is 34. The van der Waals surface area contributed by atoms with E-state index in [2.05, 4.69) is 45.1 Å². The normalized spacial score (nSPS) is 12.1. The Hall–Kier alpha value is -2.11. The maximum atomic E-state index is 12.7. The summed E-state index contributed by atoms with van der Waals surface area (Å²) in [7, 11) is 0. The van der Waals surface area contributed by atoms with E-state index in [1.807, 2.05) is 0 Å². The van der Waals surface area contributed by atoms with Crippen molar-refractivity contribution in [3.63, 3.8) is 0 Å². The van der Waals surface area contributed by atoms with Gasteiger partial charge in [0.15, 0.2) is 6.10 Å². The van der Waals surface area contributed by atoms with E-state index in [-0.39, 0.29) is 31.1 Å². The number of hydrogen-bond acceptors (Lipinski definition) is 6. The lowest BCUT2D eigenvalue weighted by atomic mass is 10.0. The van der Waals surface area contributed by atoms with Crippen molar-refractivity contribution in [1.82, 2.24) is 0 Å². The van der Waals surface area contributed by atoms with Crippen LogP contribution in [0.4, 0.5) is 0 Å². The highest BCUT2D eigenvalue weighted by Crippen LogP contribution is 2.16. The van der Waals surface area contributed by atoms with Crippen LogP contribution < -0.4 is 0 Å². The summed E-state index contributed by atoms with van der Waals surface area (Å²) in [5.74, 6) is -0.875. The lowest BCUT2D eigenvalue weighted by Crippen LogP contribution is -2.30. The van der Waals surface area contributed by atoms with Gasteiger partial charge in [0.05, 0.1) is 0 Å². The molecule has 1 atom stereocenters. The zero-order chi connectivity index (χ0) is 44.4. The molecule has 6 heteroatoms. The van der Waals surface area contributed by atoms with Crippen LogP contribution in [0.3, 0.4) is 0 Å². The van der Waals surface area contributed by atoms with Gasteiger partial charge >= 0.3 is 17.9 Å². The average molecular weight is 859 g/mol. The van der Waals surface area contributed by atoms with E-state index in [1.54, 1.807) is 0 Å². The summed E-state index contributed by atoms with van der Waals surface area (Å²) in [6, 6.07) is 0. The van der Waals surface area contributed by atoms with E-state index in [1.165, 1.54) is 186 Å². The summed E-state index contributed by atoms with van der Waals surface area (Å²) in [6.07, 6.45) is 57.6. The highest BCUT2D eigenvalue weighted by Gasteiger charge is 2.19. The van der Waals surface area contributed by atoms with E-state index < -0.39 is 6.10 Å². The number of ether oxygens (including phenoxy) is 3. The van der Waals surface area contributed by atoms with Crippen LogP contribution in [-0.4, -0.2) is 37.2 Å². The molecule has 0 bridgehead atoms. The van der Waals surface area contributed by atoms with Crippen LogP contribution >= 0.6 is 0 Å². The summed E-state index contributed by atoms with van der Waals surface area (Å²) < 4.78 is 16.7. The van der Waals surface area contributed by atoms with Gasteiger partial charge in [0, 0.05) is 19.3 Å². The van der Waals surface area contributed by atoms with Crippen LogP contribution in [0.5, 0.6) is 0 Å². The molecule has 0 N–H and O–H groups in total. The molecule has 0 heterocycles. The molecule has 0 amide bonds. The second-order valence-electron chi connectivity index (χ2n) is 18.1. The van der Waals surface area contributed by atoms with Gasteiger partial charge in [-0.25, -0.2) is 0 Å². The predicted octanol–water partition coefficient (Wildman–Crippen LogP) is 17.5. The summed E-state index contributed by atoms with van der Waals surface area (Å²) in [4.78, 5) is 37.8. The van der Waals surface area contributed by atoms with Crippen molar-refractivity contribution in [1.29, 1.82) is 0 Å². The SMILES string of the molecule is CCCCC/C=C\CCCCCCCC(=O)OC(COC(=O)CCCCCCCCCC)COC(=O)CCCCCCCCCCCCC/C=C\CCCCCCCCCC. The molecule has 0 fully saturated rings. The van der Waals surface area contributed by atoms with Gasteiger partial charge in [-0.3, -0.25) is 14.4 Å². The monoisotopic (exact) mass is 859 g/mol. The molecular formula is C55H102O6. The highest BCUT2D eigenvalue weighted by molar-refractivity contribution is 5.71. The molecule has 0 saturated heterocycles. The topological polar surface area (TPSA) is 78.9 Å². The van der Waals surface area contributed by atoms with Crippen LogP contribution in [0, 0.1) is 0 Å². The van der Waals surface area contributed by atoms with Gasteiger partial charge in [-0.1, -0.05) is 225 Å². The minimum absolute atomic E-state index is 0.0718. The minimum atomic E-state index is -0.769. The molecular weight excluding hydrogens is 757 g/mol. The molecule has 0 aliphatic heterocycles. The molecule has 358 valence electrons. The third kappa shape index (κ3) is 48.8. The molecule has 0 aromatic rings. The van der Waals surface area contributed by atoms with Gasteiger partial charge in [0.2, 0.25) is 0 Å². The number of hydrogen-bond donors (Lipinski definition) is 0. The zero-order valence-electron chi connectivity index (χ0n) is 40.9. The van der Waals surface area contributed by atoms with Gasteiger partial charge in [0.1, 0.15) is 13.2 Å². The first-order valence-corrected chi connectivity index (χ1v) is 26.8. The van der Waals surface area contributed by atoms with Crippen molar-refractivity contribution in [3.05, 3.63) is 24.3 Å². The first-order valence-electron chi connectivity index (χ1n) is 26.8. The molecule has 0 radical (unpaired) electrons. The van der Waals surface area contributed by atoms with Crippen molar-refractivity contribution >= 4 is 17.9 Å². The van der Waals surface area contributed by atoms with Gasteiger partial charge in [-0.2, -0.15) is 0 Å².